The smallest absolute Gasteiger partial charge is 0.217 e. The Morgan fingerprint density at radius 1 is 1.17 bits per heavy atom. The summed E-state index contributed by atoms with van der Waals surface area (Å²) >= 11 is 0. The van der Waals surface area contributed by atoms with Crippen LogP contribution in [0.4, 0.5) is 0 Å². The van der Waals surface area contributed by atoms with Gasteiger partial charge in [0, 0.05) is 18.1 Å². The number of amides is 1. The summed E-state index contributed by atoms with van der Waals surface area (Å²) in [6.45, 7) is 0.759. The molecule has 2 aromatic rings. The molecule has 7 nitrogen and oxygen atoms in total. The molecule has 1 aliphatic rings. The van der Waals surface area contributed by atoms with Crippen molar-refractivity contribution in [3.05, 3.63) is 56.7 Å². The third-order valence-corrected chi connectivity index (χ3v) is 5.27. The van der Waals surface area contributed by atoms with Gasteiger partial charge in [-0.15, -0.1) is 0 Å². The van der Waals surface area contributed by atoms with E-state index in [-0.39, 0.29) is 36.2 Å². The highest BCUT2D eigenvalue weighted by atomic mass is 16.5. The van der Waals surface area contributed by atoms with Gasteiger partial charge in [-0.25, -0.2) is 0 Å². The van der Waals surface area contributed by atoms with E-state index in [1.54, 1.807) is 12.1 Å². The number of hydrogen-bond acceptors (Lipinski definition) is 6. The van der Waals surface area contributed by atoms with Gasteiger partial charge in [0.2, 0.25) is 5.91 Å². The van der Waals surface area contributed by atoms with Crippen molar-refractivity contribution in [3.63, 3.8) is 0 Å². The summed E-state index contributed by atoms with van der Waals surface area (Å²) in [6, 6.07) is 6.29. The van der Waals surface area contributed by atoms with Gasteiger partial charge in [0.15, 0.2) is 16.9 Å². The van der Waals surface area contributed by atoms with E-state index in [0.29, 0.717) is 41.0 Å². The van der Waals surface area contributed by atoms with Crippen molar-refractivity contribution in [2.75, 3.05) is 14.2 Å². The van der Waals surface area contributed by atoms with Crippen LogP contribution in [0.5, 0.6) is 11.5 Å². The van der Waals surface area contributed by atoms with Crippen LogP contribution in [0.3, 0.4) is 0 Å². The number of methoxy groups -OCH3 is 2. The van der Waals surface area contributed by atoms with E-state index in [1.165, 1.54) is 27.2 Å². The van der Waals surface area contributed by atoms with Gasteiger partial charge >= 0.3 is 0 Å². The molecule has 0 heterocycles. The zero-order valence-corrected chi connectivity index (χ0v) is 16.7. The van der Waals surface area contributed by atoms with Gasteiger partial charge in [-0.05, 0) is 47.2 Å². The molecule has 1 aliphatic carbocycles. The van der Waals surface area contributed by atoms with Crippen molar-refractivity contribution in [2.45, 2.75) is 39.0 Å². The minimum Gasteiger partial charge on any atom is -0.493 e. The van der Waals surface area contributed by atoms with Crippen LogP contribution >= 0.6 is 0 Å². The lowest BCUT2D eigenvalue weighted by Crippen LogP contribution is -2.26. The maximum absolute atomic E-state index is 12.6. The Kier molecular flexibility index (Phi) is 6.20. The molecule has 0 radical (unpaired) electrons. The molecule has 2 aromatic carbocycles. The fraction of sp³-hybridized carbons (Fsp3) is 0.364. The lowest BCUT2D eigenvalue weighted by Gasteiger charge is -2.19. The second-order valence-electron chi connectivity index (χ2n) is 6.97. The monoisotopic (exact) mass is 399 g/mol. The maximum Gasteiger partial charge on any atom is 0.217 e. The highest BCUT2D eigenvalue weighted by molar-refractivity contribution is 5.80. The normalized spacial score (nSPS) is 15.0. The minimum atomic E-state index is -0.386. The van der Waals surface area contributed by atoms with E-state index in [4.69, 9.17) is 9.47 Å². The van der Waals surface area contributed by atoms with E-state index in [9.17, 15) is 19.8 Å². The number of ether oxygens (including phenoxy) is 2. The van der Waals surface area contributed by atoms with Crippen LogP contribution in [-0.4, -0.2) is 30.3 Å². The van der Waals surface area contributed by atoms with Crippen molar-refractivity contribution in [1.82, 2.24) is 5.32 Å². The largest absolute Gasteiger partial charge is 0.493 e. The summed E-state index contributed by atoms with van der Waals surface area (Å²) in [5.74, 6) is 0.732. The Bertz CT molecular complexity index is 1000. The number of benzene rings is 1. The first-order chi connectivity index (χ1) is 13.9. The molecular formula is C22H25NO6. The van der Waals surface area contributed by atoms with Crippen molar-refractivity contribution in [3.8, 4) is 22.6 Å². The van der Waals surface area contributed by atoms with Gasteiger partial charge in [-0.3, -0.25) is 9.59 Å². The van der Waals surface area contributed by atoms with Crippen LogP contribution < -0.4 is 20.2 Å². The number of nitrogens with one attached hydrogen (secondary N) is 1. The van der Waals surface area contributed by atoms with Crippen LogP contribution in [0.15, 0.2) is 29.1 Å². The highest BCUT2D eigenvalue weighted by Gasteiger charge is 2.28. The van der Waals surface area contributed by atoms with E-state index >= 15 is 0 Å². The molecule has 0 aliphatic heterocycles. The number of hydrogen-bond donors (Lipinski definition) is 3. The topological polar surface area (TPSA) is 105 Å². The molecular weight excluding hydrogens is 374 g/mol. The third kappa shape index (κ3) is 3.83. The third-order valence-electron chi connectivity index (χ3n) is 5.27. The summed E-state index contributed by atoms with van der Waals surface area (Å²) in [4.78, 5) is 24.4. The average molecular weight is 399 g/mol. The molecule has 1 amide bonds. The SMILES string of the molecule is COc1cc2c(c(CO)c1OC)-c1ccc(CO)c(=O)cc1[C@@H](NC(C)=O)CC2. The van der Waals surface area contributed by atoms with Crippen molar-refractivity contribution >= 4 is 5.91 Å². The molecule has 154 valence electrons. The Hall–Kier alpha value is -2.90. The second kappa shape index (κ2) is 8.63. The van der Waals surface area contributed by atoms with E-state index in [0.717, 1.165) is 11.1 Å². The maximum atomic E-state index is 12.6. The van der Waals surface area contributed by atoms with Crippen LogP contribution in [-0.2, 0) is 24.4 Å². The number of carbonyl (C=O) groups excluding carboxylic acids is 1. The summed E-state index contributed by atoms with van der Waals surface area (Å²) in [5, 5.41) is 22.6. The van der Waals surface area contributed by atoms with Gasteiger partial charge in [0.1, 0.15) is 0 Å². The van der Waals surface area contributed by atoms with Gasteiger partial charge in [-0.2, -0.15) is 0 Å². The molecule has 7 heteroatoms. The molecule has 1 atom stereocenters. The fourth-order valence-electron chi connectivity index (χ4n) is 3.98. The lowest BCUT2D eigenvalue weighted by atomic mass is 9.92. The average Bonchev–Trinajstić information content (AvgIpc) is 2.95. The number of aryl methyl sites for hydroxylation is 1. The van der Waals surface area contributed by atoms with Crippen LogP contribution in [0, 0.1) is 0 Å². The summed E-state index contributed by atoms with van der Waals surface area (Å²) in [5.41, 5.74) is 3.53. The molecule has 0 saturated heterocycles. The first kappa shape index (κ1) is 20.8. The number of fused-ring (bicyclic) bond motifs is 3. The van der Waals surface area contributed by atoms with Gasteiger partial charge in [0.05, 0.1) is 33.5 Å². The highest BCUT2D eigenvalue weighted by Crippen LogP contribution is 2.45. The van der Waals surface area contributed by atoms with Gasteiger partial charge in [0.25, 0.3) is 0 Å². The Morgan fingerprint density at radius 3 is 2.52 bits per heavy atom. The predicted octanol–water partition coefficient (Wildman–Crippen LogP) is 1.84. The molecule has 0 unspecified atom stereocenters. The molecule has 3 N–H and O–H groups in total. The predicted molar refractivity (Wildman–Crippen MR) is 108 cm³/mol. The molecule has 0 spiro atoms. The Balaban J connectivity index is 2.41. The minimum absolute atomic E-state index is 0.203. The summed E-state index contributed by atoms with van der Waals surface area (Å²) in [7, 11) is 3.04. The number of rotatable bonds is 5. The molecule has 0 saturated carbocycles. The molecule has 0 aromatic heterocycles. The Labute approximate surface area is 168 Å². The van der Waals surface area contributed by atoms with Gasteiger partial charge < -0.3 is 25.0 Å². The van der Waals surface area contributed by atoms with Crippen molar-refractivity contribution in [2.24, 2.45) is 0 Å². The summed E-state index contributed by atoms with van der Waals surface area (Å²) in [6.07, 6.45) is 1.17. The van der Waals surface area contributed by atoms with E-state index in [1.807, 2.05) is 6.07 Å². The summed E-state index contributed by atoms with van der Waals surface area (Å²) < 4.78 is 11.0. The first-order valence-electron chi connectivity index (χ1n) is 9.38. The van der Waals surface area contributed by atoms with Crippen LogP contribution in [0.1, 0.15) is 41.6 Å². The Morgan fingerprint density at radius 2 is 1.93 bits per heavy atom. The molecule has 0 bridgehead atoms. The van der Waals surface area contributed by atoms with E-state index < -0.39 is 0 Å². The fourth-order valence-corrected chi connectivity index (χ4v) is 3.98. The number of carbonyl (C=O) groups is 1. The van der Waals surface area contributed by atoms with Crippen molar-refractivity contribution in [1.29, 1.82) is 0 Å². The molecule has 0 fully saturated rings. The van der Waals surface area contributed by atoms with Crippen LogP contribution in [0.25, 0.3) is 11.1 Å². The standard InChI is InChI=1S/C22H25NO6/c1-12(26)23-18-7-5-13-8-20(28-2)22(29-3)17(11-25)21(13)15-6-4-14(10-24)19(27)9-16(15)18/h4,6,8-9,18,24-25H,5,7,10-11H2,1-3H3,(H,23,26)/t18-/m0/s1. The molecule has 3 rings (SSSR count). The van der Waals surface area contributed by atoms with Crippen molar-refractivity contribution < 1.29 is 24.5 Å². The number of aliphatic hydroxyl groups is 2. The first-order valence-corrected chi connectivity index (χ1v) is 9.38. The number of aliphatic hydroxyl groups excluding tert-OH is 2. The lowest BCUT2D eigenvalue weighted by molar-refractivity contribution is -0.119. The quantitative estimate of drug-likeness (QED) is 0.709. The zero-order chi connectivity index (χ0) is 21.1. The van der Waals surface area contributed by atoms with E-state index in [2.05, 4.69) is 5.32 Å². The van der Waals surface area contributed by atoms with Crippen LogP contribution in [0.2, 0.25) is 0 Å². The second-order valence-corrected chi connectivity index (χ2v) is 6.97. The van der Waals surface area contributed by atoms with Gasteiger partial charge in [-0.1, -0.05) is 12.1 Å². The zero-order valence-electron chi connectivity index (χ0n) is 16.7. The molecule has 29 heavy (non-hydrogen) atoms.